The maximum absolute atomic E-state index is 6.76. The van der Waals surface area contributed by atoms with Gasteiger partial charge < -0.3 is 18.4 Å². The Morgan fingerprint density at radius 1 is 0.578 bits per heavy atom. The Morgan fingerprint density at radius 2 is 1.25 bits per heavy atom. The van der Waals surface area contributed by atoms with E-state index in [-0.39, 0.29) is 31.9 Å². The molecule has 0 atom stereocenters. The van der Waals surface area contributed by atoms with Gasteiger partial charge >= 0.3 is 0 Å². The van der Waals surface area contributed by atoms with Gasteiger partial charge in [-0.05, 0) is 87.4 Å². The maximum Gasteiger partial charge on any atom is 0.136 e. The fraction of sp³-hybridized carbons (Fsp3) is 0.158. The average Bonchev–Trinajstić information content (AvgIpc) is 3.99. The Bertz CT molecular complexity index is 3400. The van der Waals surface area contributed by atoms with Crippen LogP contribution in [0.15, 0.2) is 167 Å². The molecule has 0 aliphatic carbocycles. The molecule has 7 heteroatoms. The molecule has 0 fully saturated rings. The van der Waals surface area contributed by atoms with Gasteiger partial charge in [0.15, 0.2) is 0 Å². The summed E-state index contributed by atoms with van der Waals surface area (Å²) in [7, 11) is -1.23. The van der Waals surface area contributed by atoms with E-state index < -0.39 is 8.07 Å². The Balaban J connectivity index is 0.000000258. The number of hydrogen-bond acceptors (Lipinski definition) is 4. The third kappa shape index (κ3) is 7.83. The van der Waals surface area contributed by atoms with E-state index in [9.17, 15) is 0 Å². The molecule has 0 aliphatic rings. The molecule has 0 bridgehead atoms. The number of nitrogens with zero attached hydrogens (tertiary/aromatic N) is 3. The van der Waals surface area contributed by atoms with E-state index in [0.29, 0.717) is 0 Å². The molecule has 11 aromatic rings. The number of fused-ring (bicyclic) bond motifs is 7. The van der Waals surface area contributed by atoms with Crippen LogP contribution < -0.4 is 5.19 Å². The number of aromatic nitrogens is 3. The molecule has 4 heterocycles. The summed E-state index contributed by atoms with van der Waals surface area (Å²) < 4.78 is 15.4. The van der Waals surface area contributed by atoms with Crippen LogP contribution in [-0.4, -0.2) is 22.6 Å². The van der Waals surface area contributed by atoms with Crippen molar-refractivity contribution >= 4 is 68.2 Å². The van der Waals surface area contributed by atoms with Crippen molar-refractivity contribution in [2.75, 3.05) is 0 Å². The number of imidazole rings is 1. The molecular weight excluding hydrogens is 979 g/mol. The summed E-state index contributed by atoms with van der Waals surface area (Å²) in [5, 5.41) is 5.56. The van der Waals surface area contributed by atoms with Crippen LogP contribution in [0.1, 0.15) is 50.7 Å². The predicted octanol–water partition coefficient (Wildman–Crippen LogP) is 15.3. The van der Waals surface area contributed by atoms with Crippen LogP contribution in [-0.2, 0) is 20.1 Å². The molecule has 319 valence electrons. The summed E-state index contributed by atoms with van der Waals surface area (Å²) >= 11 is 0. The van der Waals surface area contributed by atoms with Crippen LogP contribution in [0.25, 0.3) is 94.4 Å². The summed E-state index contributed by atoms with van der Waals surface area (Å²) in [5.41, 5.74) is 14.4. The standard InChI is InChI=1S/C43H33N2O2.C14H16NSi.Ir/c1-25(2)32-21-28(27-13-6-5-7-14-27)22-33(26(3)4)41(32)45-37-19-10-9-18-36(37)44-43(45)31-17-12-16-30-35-24-39-34(23-40(35)47-42(30)31)29-15-8-11-20-38(29)46-39;1-16(2,3)13-9-10-14(15-11-13)12-7-5-4-6-8-12;/h5-16,18-26H,1-4H3;4-7,9-11H,1-3H3;/q2*-1;. The summed E-state index contributed by atoms with van der Waals surface area (Å²) in [6.07, 6.45) is 2.02. The smallest absolute Gasteiger partial charge is 0.136 e. The van der Waals surface area contributed by atoms with Crippen LogP contribution in [0.2, 0.25) is 19.6 Å². The Kier molecular flexibility index (Phi) is 11.6. The number of pyridine rings is 1. The molecule has 0 aliphatic heterocycles. The second kappa shape index (κ2) is 17.3. The van der Waals surface area contributed by atoms with Crippen LogP contribution >= 0.6 is 0 Å². The van der Waals surface area contributed by atoms with E-state index in [4.69, 9.17) is 13.8 Å². The first kappa shape index (κ1) is 42.9. The monoisotopic (exact) mass is 1030 g/mol. The quantitative estimate of drug-likeness (QED) is 0.118. The topological polar surface area (TPSA) is 57.0 Å². The van der Waals surface area contributed by atoms with Gasteiger partial charge in [0.25, 0.3) is 0 Å². The van der Waals surface area contributed by atoms with E-state index in [2.05, 4.69) is 172 Å². The van der Waals surface area contributed by atoms with Gasteiger partial charge in [-0.3, -0.25) is 4.98 Å². The molecule has 0 amide bonds. The molecular formula is C57H49IrN3O2Si-2. The minimum absolute atomic E-state index is 0. The van der Waals surface area contributed by atoms with E-state index in [1.807, 2.05) is 54.7 Å². The molecule has 0 spiro atoms. The Labute approximate surface area is 389 Å². The largest absolute Gasteiger partial charge is 0.501 e. The van der Waals surface area contributed by atoms with Gasteiger partial charge in [0.05, 0.1) is 30.5 Å². The summed E-state index contributed by atoms with van der Waals surface area (Å²) in [6.45, 7) is 16.1. The Hall–Kier alpha value is -6.37. The van der Waals surface area contributed by atoms with Gasteiger partial charge in [0.2, 0.25) is 0 Å². The van der Waals surface area contributed by atoms with Crippen molar-refractivity contribution in [3.63, 3.8) is 0 Å². The molecule has 0 saturated heterocycles. The van der Waals surface area contributed by atoms with Gasteiger partial charge in [-0.2, -0.15) is 0 Å². The minimum atomic E-state index is -1.23. The van der Waals surface area contributed by atoms with E-state index in [0.717, 1.165) is 77.6 Å². The van der Waals surface area contributed by atoms with Crippen molar-refractivity contribution in [2.45, 2.75) is 59.2 Å². The van der Waals surface area contributed by atoms with Crippen LogP contribution in [0.3, 0.4) is 0 Å². The second-order valence-electron chi connectivity index (χ2n) is 18.0. The van der Waals surface area contributed by atoms with Crippen molar-refractivity contribution in [3.05, 3.63) is 181 Å². The third-order valence-electron chi connectivity index (χ3n) is 12.1. The summed E-state index contributed by atoms with van der Waals surface area (Å²) in [6, 6.07) is 59.3. The minimum Gasteiger partial charge on any atom is -0.501 e. The third-order valence-corrected chi connectivity index (χ3v) is 14.1. The second-order valence-corrected chi connectivity index (χ2v) is 23.1. The van der Waals surface area contributed by atoms with Crippen molar-refractivity contribution in [1.82, 2.24) is 14.5 Å². The van der Waals surface area contributed by atoms with Crippen molar-refractivity contribution in [2.24, 2.45) is 0 Å². The first-order chi connectivity index (χ1) is 30.5. The van der Waals surface area contributed by atoms with Crippen LogP contribution in [0, 0.1) is 12.1 Å². The predicted molar refractivity (Wildman–Crippen MR) is 265 cm³/mol. The SMILES string of the molecule is CC(C)c1cc(-c2ccccc2)cc(C(C)C)c1-n1c(-c2[c-]ccc3c2oc2cc4c(cc23)oc2ccccc24)nc2ccccc21.C[Si](C)(C)c1ccc(-c2[c-]cccc2)nc1.[Ir]. The zero-order valence-corrected chi connectivity index (χ0v) is 40.6. The molecule has 4 aromatic heterocycles. The molecule has 0 N–H and O–H groups in total. The van der Waals surface area contributed by atoms with Crippen molar-refractivity contribution < 1.29 is 28.9 Å². The fourth-order valence-electron chi connectivity index (χ4n) is 8.71. The fourth-order valence-corrected chi connectivity index (χ4v) is 9.75. The zero-order chi connectivity index (χ0) is 43.4. The number of benzene rings is 7. The van der Waals surface area contributed by atoms with E-state index in [1.165, 1.54) is 33.1 Å². The van der Waals surface area contributed by atoms with Crippen LogP contribution in [0.4, 0.5) is 0 Å². The molecule has 11 rings (SSSR count). The van der Waals surface area contributed by atoms with Gasteiger partial charge in [-0.15, -0.1) is 54.1 Å². The van der Waals surface area contributed by atoms with Gasteiger partial charge in [0, 0.05) is 48.1 Å². The maximum atomic E-state index is 6.76. The first-order valence-corrected chi connectivity index (χ1v) is 25.4. The molecule has 0 saturated carbocycles. The molecule has 64 heavy (non-hydrogen) atoms. The first-order valence-electron chi connectivity index (χ1n) is 21.9. The number of rotatable bonds is 7. The van der Waals surface area contributed by atoms with Crippen molar-refractivity contribution in [1.29, 1.82) is 0 Å². The number of furan rings is 2. The normalized spacial score (nSPS) is 11.8. The number of hydrogen-bond donors (Lipinski definition) is 0. The molecule has 7 aromatic carbocycles. The van der Waals surface area contributed by atoms with Gasteiger partial charge in [0.1, 0.15) is 16.7 Å². The average molecular weight is 1030 g/mol. The van der Waals surface area contributed by atoms with E-state index >= 15 is 0 Å². The number of para-hydroxylation sites is 3. The van der Waals surface area contributed by atoms with Gasteiger partial charge in [-0.1, -0.05) is 131 Å². The van der Waals surface area contributed by atoms with Gasteiger partial charge in [-0.25, -0.2) is 0 Å². The summed E-state index contributed by atoms with van der Waals surface area (Å²) in [4.78, 5) is 9.82. The summed E-state index contributed by atoms with van der Waals surface area (Å²) in [5.74, 6) is 1.37. The van der Waals surface area contributed by atoms with Crippen LogP contribution in [0.5, 0.6) is 0 Å². The van der Waals surface area contributed by atoms with Crippen molar-refractivity contribution in [3.8, 4) is 39.5 Å². The molecule has 1 radical (unpaired) electrons. The molecule has 0 unspecified atom stereocenters. The Morgan fingerprint density at radius 3 is 1.94 bits per heavy atom. The molecule has 5 nitrogen and oxygen atoms in total. The zero-order valence-electron chi connectivity index (χ0n) is 37.2. The van der Waals surface area contributed by atoms with E-state index in [1.54, 1.807) is 0 Å².